The number of nitrogens with zero attached hydrogens (tertiary/aromatic N) is 4. The molecule has 4 aliphatic rings. The van der Waals surface area contributed by atoms with E-state index in [9.17, 15) is 14.7 Å². The first-order valence-corrected chi connectivity index (χ1v) is 14.6. The molecular weight excluding hydrogens is 523 g/mol. The van der Waals surface area contributed by atoms with Gasteiger partial charge in [0.2, 0.25) is 5.91 Å². The van der Waals surface area contributed by atoms with Crippen LogP contribution in [0.5, 0.6) is 0 Å². The van der Waals surface area contributed by atoms with Crippen molar-refractivity contribution >= 4 is 22.8 Å². The fraction of sp³-hybridized carbons (Fsp3) is 0.469. The number of carbonyl (C=O) groups excluding carboxylic acids is 1. The Morgan fingerprint density at radius 1 is 1.05 bits per heavy atom. The molecule has 4 heterocycles. The van der Waals surface area contributed by atoms with E-state index in [1.54, 1.807) is 12.3 Å². The molecule has 1 unspecified atom stereocenters. The van der Waals surface area contributed by atoms with E-state index < -0.39 is 29.0 Å². The van der Waals surface area contributed by atoms with Crippen molar-refractivity contribution in [3.05, 3.63) is 66.1 Å². The topological polar surface area (TPSA) is 86.2 Å². The molecule has 1 saturated carbocycles. The van der Waals surface area contributed by atoms with Gasteiger partial charge in [0.15, 0.2) is 0 Å². The maximum Gasteiger partial charge on any atom is 0.323 e. The lowest BCUT2D eigenvalue weighted by Gasteiger charge is -2.52. The van der Waals surface area contributed by atoms with Gasteiger partial charge in [-0.05, 0) is 68.5 Å². The third-order valence-electron chi connectivity index (χ3n) is 9.85. The third kappa shape index (κ3) is 4.42. The van der Waals surface area contributed by atoms with Crippen LogP contribution in [0.15, 0.2) is 54.7 Å². The van der Waals surface area contributed by atoms with Gasteiger partial charge in [-0.3, -0.25) is 24.4 Å². The van der Waals surface area contributed by atoms with Gasteiger partial charge < -0.3 is 14.7 Å². The fourth-order valence-corrected chi connectivity index (χ4v) is 7.52. The Morgan fingerprint density at radius 3 is 2.54 bits per heavy atom. The number of carbonyl (C=O) groups is 2. The average molecular weight is 559 g/mol. The number of piperidine rings is 1. The van der Waals surface area contributed by atoms with E-state index in [0.717, 1.165) is 34.9 Å². The van der Waals surface area contributed by atoms with Gasteiger partial charge in [0, 0.05) is 42.8 Å². The largest absolute Gasteiger partial charge is 0.480 e. The number of halogens is 1. The van der Waals surface area contributed by atoms with Gasteiger partial charge in [0.1, 0.15) is 18.5 Å². The van der Waals surface area contributed by atoms with Gasteiger partial charge in [-0.15, -0.1) is 0 Å². The van der Waals surface area contributed by atoms with E-state index in [-0.39, 0.29) is 12.5 Å². The number of hydrogen-bond donors (Lipinski definition) is 1. The highest BCUT2D eigenvalue weighted by atomic mass is 19.1. The summed E-state index contributed by atoms with van der Waals surface area (Å²) in [6.07, 6.45) is 5.70. The molecule has 0 bridgehead atoms. The molecule has 0 radical (unpaired) electrons. The number of carboxylic acid groups (broad SMARTS) is 1. The number of aliphatic carboxylic acids is 1. The number of fused-ring (bicyclic) bond motifs is 1. The van der Waals surface area contributed by atoms with Crippen LogP contribution in [0.1, 0.15) is 37.7 Å². The normalized spacial score (nSPS) is 27.1. The van der Waals surface area contributed by atoms with Crippen LogP contribution in [0.25, 0.3) is 22.0 Å². The number of amides is 1. The molecule has 9 heteroatoms. The summed E-state index contributed by atoms with van der Waals surface area (Å²) in [7, 11) is 1.81. The fourth-order valence-electron chi connectivity index (χ4n) is 7.52. The zero-order chi connectivity index (χ0) is 28.4. The lowest BCUT2D eigenvalue weighted by atomic mass is 9.77. The van der Waals surface area contributed by atoms with Gasteiger partial charge in [-0.1, -0.05) is 30.3 Å². The van der Waals surface area contributed by atoms with Crippen LogP contribution in [0, 0.1) is 5.82 Å². The molecule has 3 aliphatic heterocycles. The lowest BCUT2D eigenvalue weighted by molar-refractivity contribution is -0.177. The average Bonchev–Trinajstić information content (AvgIpc) is 3.76. The minimum Gasteiger partial charge on any atom is -0.480 e. The zero-order valence-electron chi connectivity index (χ0n) is 23.3. The number of hydrogen-bond acceptors (Lipinski definition) is 6. The molecule has 1 aliphatic carbocycles. The van der Waals surface area contributed by atoms with Crippen LogP contribution in [-0.4, -0.2) is 94.2 Å². The van der Waals surface area contributed by atoms with Crippen molar-refractivity contribution < 1.29 is 23.8 Å². The highest BCUT2D eigenvalue weighted by molar-refractivity contribution is 5.84. The highest BCUT2D eigenvalue weighted by Crippen LogP contribution is 2.47. The Bertz CT molecular complexity index is 1520. The maximum atomic E-state index is 16.3. The number of morpholine rings is 1. The number of likely N-dealkylation sites (N-methyl/N-ethyl adjacent to an activating group) is 1. The second-order valence-corrected chi connectivity index (χ2v) is 12.2. The van der Waals surface area contributed by atoms with E-state index in [1.807, 2.05) is 53.2 Å². The Kier molecular flexibility index (Phi) is 6.37. The van der Waals surface area contributed by atoms with Crippen molar-refractivity contribution in [2.24, 2.45) is 0 Å². The molecule has 41 heavy (non-hydrogen) atoms. The van der Waals surface area contributed by atoms with Crippen molar-refractivity contribution in [2.45, 2.75) is 55.3 Å². The van der Waals surface area contributed by atoms with Crippen molar-refractivity contribution in [1.29, 1.82) is 0 Å². The zero-order valence-corrected chi connectivity index (χ0v) is 23.3. The first-order valence-electron chi connectivity index (χ1n) is 14.6. The molecule has 8 nitrogen and oxygen atoms in total. The molecule has 1 N–H and O–H groups in total. The number of ether oxygens (including phenoxy) is 1. The van der Waals surface area contributed by atoms with Gasteiger partial charge in [0.05, 0.1) is 23.2 Å². The molecular formula is C32H35FN4O4. The quantitative estimate of drug-likeness (QED) is 0.509. The molecule has 3 saturated heterocycles. The molecule has 7 rings (SSSR count). The summed E-state index contributed by atoms with van der Waals surface area (Å²) in [5, 5.41) is 11.5. The number of benzene rings is 2. The summed E-state index contributed by atoms with van der Waals surface area (Å²) in [5.41, 5.74) is 1.40. The van der Waals surface area contributed by atoms with Crippen LogP contribution >= 0.6 is 0 Å². The molecule has 214 valence electrons. The monoisotopic (exact) mass is 558 g/mol. The Labute approximate surface area is 238 Å². The van der Waals surface area contributed by atoms with E-state index >= 15 is 4.39 Å². The maximum absolute atomic E-state index is 16.3. The van der Waals surface area contributed by atoms with Crippen LogP contribution in [0.4, 0.5) is 4.39 Å². The predicted octanol–water partition coefficient (Wildman–Crippen LogP) is 3.88. The Balaban J connectivity index is 1.22. The van der Waals surface area contributed by atoms with Gasteiger partial charge in [0.25, 0.3) is 0 Å². The molecule has 1 aromatic heterocycles. The summed E-state index contributed by atoms with van der Waals surface area (Å²) in [6.45, 7) is 2.38. The smallest absolute Gasteiger partial charge is 0.323 e. The summed E-state index contributed by atoms with van der Waals surface area (Å²) < 4.78 is 22.4. The number of pyridine rings is 1. The molecule has 3 aromatic rings. The van der Waals surface area contributed by atoms with Crippen molar-refractivity contribution in [3.63, 3.8) is 0 Å². The summed E-state index contributed by atoms with van der Waals surface area (Å²) in [5.74, 6) is -1.29. The minimum absolute atomic E-state index is 0.0599. The first-order chi connectivity index (χ1) is 19.8. The Hall–Kier alpha value is -3.40. The summed E-state index contributed by atoms with van der Waals surface area (Å²) in [4.78, 5) is 35.7. The lowest BCUT2D eigenvalue weighted by Crippen LogP contribution is -2.64. The molecule has 2 atom stereocenters. The van der Waals surface area contributed by atoms with E-state index in [0.29, 0.717) is 57.0 Å². The number of aromatic nitrogens is 1. The number of rotatable bonds is 5. The van der Waals surface area contributed by atoms with Crippen LogP contribution in [0.2, 0.25) is 0 Å². The number of carboxylic acids is 1. The minimum atomic E-state index is -1.02. The molecule has 4 fully saturated rings. The highest BCUT2D eigenvalue weighted by Gasteiger charge is 2.58. The third-order valence-corrected chi connectivity index (χ3v) is 9.85. The second-order valence-electron chi connectivity index (χ2n) is 12.2. The Morgan fingerprint density at radius 2 is 1.80 bits per heavy atom. The van der Waals surface area contributed by atoms with Crippen LogP contribution < -0.4 is 0 Å². The number of likely N-dealkylation sites (tertiary alicyclic amines) is 2. The second kappa shape index (κ2) is 9.86. The van der Waals surface area contributed by atoms with Gasteiger partial charge in [-0.2, -0.15) is 0 Å². The summed E-state index contributed by atoms with van der Waals surface area (Å²) >= 11 is 0. The van der Waals surface area contributed by atoms with E-state index in [4.69, 9.17) is 4.74 Å². The van der Waals surface area contributed by atoms with Gasteiger partial charge in [-0.25, -0.2) is 4.39 Å². The summed E-state index contributed by atoms with van der Waals surface area (Å²) in [6, 6.07) is 14.4. The molecule has 1 amide bonds. The van der Waals surface area contributed by atoms with Crippen LogP contribution in [-0.2, 0) is 19.9 Å². The van der Waals surface area contributed by atoms with Crippen molar-refractivity contribution in [2.75, 3.05) is 39.8 Å². The van der Waals surface area contributed by atoms with Crippen LogP contribution in [0.3, 0.4) is 0 Å². The predicted molar refractivity (Wildman–Crippen MR) is 152 cm³/mol. The standard InChI is InChI=1S/C32H35FN4O4/c1-35-14-12-32(29(35)30(39)40,36-15-10-31(11-16-36)20-37(24-7-8-24)28(38)19-41-31)25-9-6-22(17-26(25)33)23-5-4-21-3-2-13-34-27(21)18-23/h2-6,9,13,17-18,24,29H,7-8,10-12,14-16,19-20H2,1H3,(H,39,40)/t29-,32?/m1/s1. The molecule has 1 spiro atoms. The van der Waals surface area contributed by atoms with Crippen molar-refractivity contribution in [1.82, 2.24) is 19.7 Å². The first kappa shape index (κ1) is 26.5. The van der Waals surface area contributed by atoms with E-state index in [1.165, 1.54) is 6.07 Å². The SMILES string of the molecule is CN1CCC(c2ccc(-c3ccc4cccnc4c3)cc2F)(N2CCC3(CC2)CN(C2CC2)C(=O)CO3)[C@H]1C(=O)O. The molecule has 2 aromatic carbocycles. The van der Waals surface area contributed by atoms with Gasteiger partial charge >= 0.3 is 5.97 Å². The van der Waals surface area contributed by atoms with Crippen molar-refractivity contribution in [3.8, 4) is 11.1 Å². The van der Waals surface area contributed by atoms with E-state index in [2.05, 4.69) is 9.88 Å².